The molecule has 1 fully saturated rings. The average Bonchev–Trinajstić information content (AvgIpc) is 3.14. The first-order chi connectivity index (χ1) is 8.69. The van der Waals surface area contributed by atoms with E-state index < -0.39 is 0 Å². The van der Waals surface area contributed by atoms with Crippen LogP contribution in [-0.4, -0.2) is 34.4 Å². The summed E-state index contributed by atoms with van der Waals surface area (Å²) >= 11 is 1.90. The van der Waals surface area contributed by atoms with Crippen LogP contribution in [0.25, 0.3) is 0 Å². The summed E-state index contributed by atoms with van der Waals surface area (Å²) in [6.07, 6.45) is 2.59. The fourth-order valence-electron chi connectivity index (χ4n) is 2.14. The molecule has 0 amide bonds. The van der Waals surface area contributed by atoms with E-state index in [0.29, 0.717) is 11.3 Å². The van der Waals surface area contributed by atoms with Crippen LogP contribution in [0.1, 0.15) is 32.3 Å². The Kier molecular flexibility index (Phi) is 5.10. The number of benzene rings is 1. The predicted molar refractivity (Wildman–Crippen MR) is 78.0 cm³/mol. The number of aliphatic hydroxyl groups excluding tert-OH is 1. The zero-order chi connectivity index (χ0) is 13.0. The monoisotopic (exact) mass is 265 g/mol. The largest absolute Gasteiger partial charge is 0.395 e. The second kappa shape index (κ2) is 6.60. The fraction of sp³-hybridized carbons (Fsp3) is 0.600. The number of thioether (sulfide) groups is 1. The molecule has 0 spiro atoms. The van der Waals surface area contributed by atoms with E-state index in [9.17, 15) is 0 Å². The van der Waals surface area contributed by atoms with E-state index in [1.807, 2.05) is 11.8 Å². The number of aliphatic hydroxyl groups is 1. The Hall–Kier alpha value is -0.510. The zero-order valence-electron chi connectivity index (χ0n) is 11.3. The Morgan fingerprint density at radius 1 is 1.28 bits per heavy atom. The van der Waals surface area contributed by atoms with E-state index >= 15 is 0 Å². The molecule has 1 aliphatic rings. The van der Waals surface area contributed by atoms with Crippen LogP contribution >= 0.6 is 11.8 Å². The van der Waals surface area contributed by atoms with E-state index in [4.69, 9.17) is 5.11 Å². The average molecular weight is 265 g/mol. The molecule has 1 saturated carbocycles. The summed E-state index contributed by atoms with van der Waals surface area (Å²) in [5.41, 5.74) is 1.35. The molecule has 0 aromatic heterocycles. The van der Waals surface area contributed by atoms with Crippen LogP contribution in [-0.2, 0) is 6.54 Å². The summed E-state index contributed by atoms with van der Waals surface area (Å²) in [6, 6.07) is 9.57. The quantitative estimate of drug-likeness (QED) is 0.766. The van der Waals surface area contributed by atoms with Crippen molar-refractivity contribution in [2.45, 2.75) is 49.4 Å². The first-order valence-electron chi connectivity index (χ1n) is 6.79. The molecule has 0 heterocycles. The summed E-state index contributed by atoms with van der Waals surface area (Å²) in [5, 5.41) is 9.72. The van der Waals surface area contributed by atoms with Crippen molar-refractivity contribution >= 4 is 11.8 Å². The van der Waals surface area contributed by atoms with Crippen molar-refractivity contribution in [1.82, 2.24) is 4.90 Å². The van der Waals surface area contributed by atoms with Crippen molar-refractivity contribution in [3.05, 3.63) is 29.8 Å². The third-order valence-electron chi connectivity index (χ3n) is 3.13. The molecule has 18 heavy (non-hydrogen) atoms. The summed E-state index contributed by atoms with van der Waals surface area (Å²) in [5.74, 6) is 0. The van der Waals surface area contributed by atoms with E-state index in [2.05, 4.69) is 43.0 Å². The van der Waals surface area contributed by atoms with Crippen LogP contribution in [0.15, 0.2) is 29.2 Å². The van der Waals surface area contributed by atoms with Gasteiger partial charge >= 0.3 is 0 Å². The lowest BCUT2D eigenvalue weighted by atomic mass is 10.2. The maximum Gasteiger partial charge on any atom is 0.0558 e. The molecular weight excluding hydrogens is 242 g/mol. The van der Waals surface area contributed by atoms with E-state index in [-0.39, 0.29) is 6.61 Å². The lowest BCUT2D eigenvalue weighted by Crippen LogP contribution is -2.28. The summed E-state index contributed by atoms with van der Waals surface area (Å²) < 4.78 is 0. The van der Waals surface area contributed by atoms with Gasteiger partial charge in [0.15, 0.2) is 0 Å². The van der Waals surface area contributed by atoms with Gasteiger partial charge in [-0.2, -0.15) is 0 Å². The Morgan fingerprint density at radius 2 is 1.94 bits per heavy atom. The standard InChI is InChI=1S/C15H23NOS/c1-12(2)18-15-7-3-13(4-8-15)11-16(9-10-17)14-5-6-14/h3-4,7-8,12,14,17H,5-6,9-11H2,1-2H3. The van der Waals surface area contributed by atoms with Crippen molar-refractivity contribution in [3.63, 3.8) is 0 Å². The molecule has 3 heteroatoms. The number of hydrogen-bond acceptors (Lipinski definition) is 3. The van der Waals surface area contributed by atoms with Crippen molar-refractivity contribution in [2.24, 2.45) is 0 Å². The van der Waals surface area contributed by atoms with Crippen molar-refractivity contribution in [2.75, 3.05) is 13.2 Å². The second-order valence-corrected chi connectivity index (χ2v) is 6.89. The molecule has 1 aromatic carbocycles. The highest BCUT2D eigenvalue weighted by Crippen LogP contribution is 2.28. The lowest BCUT2D eigenvalue weighted by Gasteiger charge is -2.20. The van der Waals surface area contributed by atoms with Crippen LogP contribution in [0, 0.1) is 0 Å². The third-order valence-corrected chi connectivity index (χ3v) is 4.15. The third kappa shape index (κ3) is 4.30. The highest BCUT2D eigenvalue weighted by atomic mass is 32.2. The van der Waals surface area contributed by atoms with Crippen LogP contribution in [0.2, 0.25) is 0 Å². The maximum atomic E-state index is 9.09. The summed E-state index contributed by atoms with van der Waals surface area (Å²) in [4.78, 5) is 3.74. The number of hydrogen-bond donors (Lipinski definition) is 1. The molecule has 0 saturated heterocycles. The Morgan fingerprint density at radius 3 is 2.44 bits per heavy atom. The van der Waals surface area contributed by atoms with Gasteiger partial charge < -0.3 is 5.11 Å². The van der Waals surface area contributed by atoms with Gasteiger partial charge in [-0.3, -0.25) is 4.90 Å². The molecule has 0 unspecified atom stereocenters. The summed E-state index contributed by atoms with van der Waals surface area (Å²) in [6.45, 7) is 6.46. The second-order valence-electron chi connectivity index (χ2n) is 5.24. The van der Waals surface area contributed by atoms with Gasteiger partial charge in [-0.25, -0.2) is 0 Å². The smallest absolute Gasteiger partial charge is 0.0558 e. The Balaban J connectivity index is 1.91. The van der Waals surface area contributed by atoms with Gasteiger partial charge in [-0.05, 0) is 30.5 Å². The van der Waals surface area contributed by atoms with Crippen molar-refractivity contribution in [1.29, 1.82) is 0 Å². The molecule has 2 nitrogen and oxygen atoms in total. The van der Waals surface area contributed by atoms with Crippen molar-refractivity contribution in [3.8, 4) is 0 Å². The van der Waals surface area contributed by atoms with Gasteiger partial charge in [0.25, 0.3) is 0 Å². The molecule has 0 radical (unpaired) electrons. The van der Waals surface area contributed by atoms with Gasteiger partial charge in [0.1, 0.15) is 0 Å². The first-order valence-corrected chi connectivity index (χ1v) is 7.67. The van der Waals surface area contributed by atoms with Gasteiger partial charge in [0, 0.05) is 29.3 Å². The van der Waals surface area contributed by atoms with E-state index in [1.165, 1.54) is 23.3 Å². The first kappa shape index (κ1) is 13.9. The lowest BCUT2D eigenvalue weighted by molar-refractivity contribution is 0.183. The van der Waals surface area contributed by atoms with Gasteiger partial charge in [0.05, 0.1) is 6.61 Å². The van der Waals surface area contributed by atoms with Gasteiger partial charge in [0.2, 0.25) is 0 Å². The molecule has 1 aromatic rings. The molecule has 0 atom stereocenters. The topological polar surface area (TPSA) is 23.5 Å². The number of rotatable bonds is 7. The summed E-state index contributed by atoms with van der Waals surface area (Å²) in [7, 11) is 0. The Bertz CT molecular complexity index is 359. The minimum atomic E-state index is 0.262. The fourth-order valence-corrected chi connectivity index (χ4v) is 2.98. The zero-order valence-corrected chi connectivity index (χ0v) is 12.1. The normalized spacial score (nSPS) is 15.6. The maximum absolute atomic E-state index is 9.09. The van der Waals surface area contributed by atoms with Crippen LogP contribution in [0.3, 0.4) is 0 Å². The molecule has 1 N–H and O–H groups in total. The molecule has 2 rings (SSSR count). The van der Waals surface area contributed by atoms with Crippen LogP contribution in [0.5, 0.6) is 0 Å². The van der Waals surface area contributed by atoms with Crippen LogP contribution in [0.4, 0.5) is 0 Å². The van der Waals surface area contributed by atoms with E-state index in [1.54, 1.807) is 0 Å². The predicted octanol–water partition coefficient (Wildman–Crippen LogP) is 3.14. The molecule has 0 aliphatic heterocycles. The number of nitrogens with zero attached hydrogens (tertiary/aromatic N) is 1. The highest BCUT2D eigenvalue weighted by Gasteiger charge is 2.28. The van der Waals surface area contributed by atoms with Crippen molar-refractivity contribution < 1.29 is 5.11 Å². The van der Waals surface area contributed by atoms with Crippen LogP contribution < -0.4 is 0 Å². The molecule has 100 valence electrons. The molecular formula is C15H23NOS. The minimum absolute atomic E-state index is 0.262. The van der Waals surface area contributed by atoms with Gasteiger partial charge in [-0.1, -0.05) is 26.0 Å². The minimum Gasteiger partial charge on any atom is -0.395 e. The molecule has 0 bridgehead atoms. The molecule has 1 aliphatic carbocycles. The Labute approximate surface area is 114 Å². The SMILES string of the molecule is CC(C)Sc1ccc(CN(CCO)C2CC2)cc1. The van der Waals surface area contributed by atoms with Gasteiger partial charge in [-0.15, -0.1) is 11.8 Å². The highest BCUT2D eigenvalue weighted by molar-refractivity contribution is 7.99. The van der Waals surface area contributed by atoms with E-state index in [0.717, 1.165) is 13.1 Å².